The van der Waals surface area contributed by atoms with Gasteiger partial charge in [0.15, 0.2) is 5.82 Å². The Bertz CT molecular complexity index is 634. The van der Waals surface area contributed by atoms with E-state index in [1.165, 1.54) is 6.20 Å². The molecule has 0 aliphatic carbocycles. The van der Waals surface area contributed by atoms with Crippen molar-refractivity contribution in [1.82, 2.24) is 14.8 Å². The van der Waals surface area contributed by atoms with Gasteiger partial charge >= 0.3 is 6.18 Å². The minimum atomic E-state index is -4.55. The molecule has 19 heavy (non-hydrogen) atoms. The van der Waals surface area contributed by atoms with Crippen molar-refractivity contribution in [2.45, 2.75) is 6.18 Å². The van der Waals surface area contributed by atoms with Gasteiger partial charge < -0.3 is 11.5 Å². The predicted octanol–water partition coefficient (Wildman–Crippen LogP) is 0.967. The van der Waals surface area contributed by atoms with Gasteiger partial charge in [0, 0.05) is 6.20 Å². The minimum absolute atomic E-state index is 0.0535. The first-order valence-electron chi connectivity index (χ1n) is 4.97. The molecule has 0 radical (unpaired) electrons. The largest absolute Gasteiger partial charge is 0.416 e. The van der Waals surface area contributed by atoms with Crippen molar-refractivity contribution >= 4 is 11.7 Å². The zero-order valence-electron chi connectivity index (χ0n) is 9.35. The predicted molar refractivity (Wildman–Crippen MR) is 59.3 cm³/mol. The minimum Gasteiger partial charge on any atom is -0.384 e. The molecule has 0 bridgehead atoms. The number of nitrogens with zero attached hydrogens (tertiary/aromatic N) is 3. The Kier molecular flexibility index (Phi) is 2.89. The second-order valence-electron chi connectivity index (χ2n) is 3.67. The standard InChI is InChI=1S/C10H8F3N5O/c11-10(12,13)6-1-7(14)17-8(2-6)18-4-5(3-16-18)9(15)19/h1-4H,(H2,14,17)(H2,15,19). The van der Waals surface area contributed by atoms with Crippen molar-refractivity contribution in [3.8, 4) is 5.82 Å². The van der Waals surface area contributed by atoms with Crippen LogP contribution in [0.15, 0.2) is 24.5 Å². The highest BCUT2D eigenvalue weighted by Crippen LogP contribution is 2.31. The number of nitrogen functional groups attached to an aromatic ring is 1. The summed E-state index contributed by atoms with van der Waals surface area (Å²) >= 11 is 0. The van der Waals surface area contributed by atoms with Crippen molar-refractivity contribution in [2.75, 3.05) is 5.73 Å². The summed E-state index contributed by atoms with van der Waals surface area (Å²) in [6.07, 6.45) is -2.25. The summed E-state index contributed by atoms with van der Waals surface area (Å²) < 4.78 is 38.8. The quantitative estimate of drug-likeness (QED) is 0.849. The Morgan fingerprint density at radius 2 is 2.00 bits per heavy atom. The average Bonchev–Trinajstić information content (AvgIpc) is 2.76. The van der Waals surface area contributed by atoms with Gasteiger partial charge in [0.2, 0.25) is 0 Å². The number of primary amides is 1. The van der Waals surface area contributed by atoms with Gasteiger partial charge in [-0.15, -0.1) is 0 Å². The molecule has 0 spiro atoms. The van der Waals surface area contributed by atoms with E-state index in [2.05, 4.69) is 10.1 Å². The lowest BCUT2D eigenvalue weighted by Crippen LogP contribution is -2.11. The number of amides is 1. The number of halogens is 3. The van der Waals surface area contributed by atoms with Crippen LogP contribution in [0.3, 0.4) is 0 Å². The number of carbonyl (C=O) groups excluding carboxylic acids is 1. The number of aromatic nitrogens is 3. The molecule has 0 unspecified atom stereocenters. The molecule has 0 aliphatic rings. The molecule has 0 aliphatic heterocycles. The van der Waals surface area contributed by atoms with E-state index in [1.54, 1.807) is 0 Å². The summed E-state index contributed by atoms with van der Waals surface area (Å²) in [6.45, 7) is 0. The molecule has 2 aromatic rings. The Morgan fingerprint density at radius 1 is 1.32 bits per heavy atom. The van der Waals surface area contributed by atoms with Gasteiger partial charge in [-0.2, -0.15) is 18.3 Å². The van der Waals surface area contributed by atoms with E-state index in [1.807, 2.05) is 0 Å². The first kappa shape index (κ1) is 12.9. The van der Waals surface area contributed by atoms with Gasteiger partial charge in [-0.05, 0) is 12.1 Å². The molecule has 2 rings (SSSR count). The lowest BCUT2D eigenvalue weighted by molar-refractivity contribution is -0.137. The molecule has 9 heteroatoms. The second kappa shape index (κ2) is 4.26. The number of alkyl halides is 3. The van der Waals surface area contributed by atoms with E-state index in [-0.39, 0.29) is 17.2 Å². The molecule has 2 heterocycles. The zero-order chi connectivity index (χ0) is 14.2. The van der Waals surface area contributed by atoms with E-state index in [4.69, 9.17) is 11.5 Å². The monoisotopic (exact) mass is 271 g/mol. The highest BCUT2D eigenvalue weighted by atomic mass is 19.4. The fourth-order valence-corrected chi connectivity index (χ4v) is 1.39. The Balaban J connectivity index is 2.50. The van der Waals surface area contributed by atoms with E-state index >= 15 is 0 Å². The first-order valence-corrected chi connectivity index (χ1v) is 4.97. The van der Waals surface area contributed by atoms with Crippen molar-refractivity contribution in [2.24, 2.45) is 5.73 Å². The third-order valence-corrected chi connectivity index (χ3v) is 2.26. The highest BCUT2D eigenvalue weighted by molar-refractivity contribution is 5.92. The summed E-state index contributed by atoms with van der Waals surface area (Å²) in [7, 11) is 0. The van der Waals surface area contributed by atoms with Crippen molar-refractivity contribution in [1.29, 1.82) is 0 Å². The smallest absolute Gasteiger partial charge is 0.384 e. The summed E-state index contributed by atoms with van der Waals surface area (Å²) in [5.41, 5.74) is 9.43. The first-order chi connectivity index (χ1) is 8.77. The van der Waals surface area contributed by atoms with E-state index in [9.17, 15) is 18.0 Å². The number of carbonyl (C=O) groups is 1. The number of pyridine rings is 1. The van der Waals surface area contributed by atoms with Crippen LogP contribution in [0.2, 0.25) is 0 Å². The molecule has 2 aromatic heterocycles. The molecule has 0 saturated carbocycles. The molecule has 1 amide bonds. The number of hydrogen-bond acceptors (Lipinski definition) is 4. The summed E-state index contributed by atoms with van der Waals surface area (Å²) in [6, 6.07) is 1.48. The normalized spacial score (nSPS) is 11.5. The van der Waals surface area contributed by atoms with Gasteiger partial charge in [-0.3, -0.25) is 4.79 Å². The summed E-state index contributed by atoms with van der Waals surface area (Å²) in [4.78, 5) is 14.6. The van der Waals surface area contributed by atoms with Crippen LogP contribution in [0.5, 0.6) is 0 Å². The van der Waals surface area contributed by atoms with E-state index in [0.717, 1.165) is 16.9 Å². The SMILES string of the molecule is NC(=O)c1cnn(-c2cc(C(F)(F)F)cc(N)n2)c1. The zero-order valence-corrected chi connectivity index (χ0v) is 9.35. The second-order valence-corrected chi connectivity index (χ2v) is 3.67. The van der Waals surface area contributed by atoms with Crippen LogP contribution in [0.25, 0.3) is 5.82 Å². The topological polar surface area (TPSA) is 99.8 Å². The maximum atomic E-state index is 12.6. The average molecular weight is 271 g/mol. The van der Waals surface area contributed by atoms with Crippen LogP contribution in [0.1, 0.15) is 15.9 Å². The van der Waals surface area contributed by atoms with E-state index < -0.39 is 17.6 Å². The van der Waals surface area contributed by atoms with Crippen molar-refractivity contribution in [3.05, 3.63) is 35.7 Å². The maximum Gasteiger partial charge on any atom is 0.416 e. The van der Waals surface area contributed by atoms with Gasteiger partial charge in [0.05, 0.1) is 17.3 Å². The van der Waals surface area contributed by atoms with Crippen molar-refractivity contribution < 1.29 is 18.0 Å². The van der Waals surface area contributed by atoms with Crippen LogP contribution in [-0.4, -0.2) is 20.7 Å². The van der Waals surface area contributed by atoms with Crippen molar-refractivity contribution in [3.63, 3.8) is 0 Å². The lowest BCUT2D eigenvalue weighted by atomic mass is 10.2. The Hall–Kier alpha value is -2.58. The molecule has 4 N–H and O–H groups in total. The highest BCUT2D eigenvalue weighted by Gasteiger charge is 2.31. The van der Waals surface area contributed by atoms with E-state index in [0.29, 0.717) is 6.07 Å². The van der Waals surface area contributed by atoms with Crippen LogP contribution in [-0.2, 0) is 6.18 Å². The number of nitrogens with two attached hydrogens (primary N) is 2. The fourth-order valence-electron chi connectivity index (χ4n) is 1.39. The molecule has 0 aromatic carbocycles. The Labute approximate surface area is 104 Å². The van der Waals surface area contributed by atoms with Gasteiger partial charge in [0.25, 0.3) is 5.91 Å². The molecule has 0 atom stereocenters. The van der Waals surface area contributed by atoms with Gasteiger partial charge in [-0.25, -0.2) is 9.67 Å². The lowest BCUT2D eigenvalue weighted by Gasteiger charge is -2.09. The molecular formula is C10H8F3N5O. The molecule has 0 saturated heterocycles. The maximum absolute atomic E-state index is 12.6. The molecule has 6 nitrogen and oxygen atoms in total. The van der Waals surface area contributed by atoms with Gasteiger partial charge in [-0.1, -0.05) is 0 Å². The molecule has 0 fully saturated rings. The summed E-state index contributed by atoms with van der Waals surface area (Å²) in [5.74, 6) is -1.20. The molecular weight excluding hydrogens is 263 g/mol. The van der Waals surface area contributed by atoms with Crippen LogP contribution in [0, 0.1) is 0 Å². The number of hydrogen-bond donors (Lipinski definition) is 2. The van der Waals surface area contributed by atoms with Gasteiger partial charge in [0.1, 0.15) is 5.82 Å². The summed E-state index contributed by atoms with van der Waals surface area (Å²) in [5, 5.41) is 3.70. The van der Waals surface area contributed by atoms with Crippen LogP contribution >= 0.6 is 0 Å². The van der Waals surface area contributed by atoms with Crippen LogP contribution < -0.4 is 11.5 Å². The fraction of sp³-hybridized carbons (Fsp3) is 0.100. The molecule has 100 valence electrons. The van der Waals surface area contributed by atoms with Crippen LogP contribution in [0.4, 0.5) is 19.0 Å². The Morgan fingerprint density at radius 3 is 2.53 bits per heavy atom. The third-order valence-electron chi connectivity index (χ3n) is 2.26. The number of rotatable bonds is 2. The number of anilines is 1. The third kappa shape index (κ3) is 2.64.